The topological polar surface area (TPSA) is 46.6 Å². The van der Waals surface area contributed by atoms with Crippen LogP contribution in [0.2, 0.25) is 0 Å². The number of ketones is 1. The van der Waals surface area contributed by atoms with Crippen LogP contribution >= 0.6 is 0 Å². The zero-order valence-electron chi connectivity index (χ0n) is 11.2. The molecule has 1 saturated heterocycles. The van der Waals surface area contributed by atoms with Crippen LogP contribution in [0.15, 0.2) is 42.5 Å². The summed E-state index contributed by atoms with van der Waals surface area (Å²) in [4.78, 5) is 25.6. The molecule has 2 aliphatic rings. The van der Waals surface area contributed by atoms with Gasteiger partial charge in [-0.25, -0.2) is 4.79 Å². The summed E-state index contributed by atoms with van der Waals surface area (Å²) in [7, 11) is 0. The minimum atomic E-state index is -0.319. The maximum absolute atomic E-state index is 12.3. The lowest BCUT2D eigenvalue weighted by Gasteiger charge is -2.41. The van der Waals surface area contributed by atoms with Crippen LogP contribution in [0, 0.1) is 0 Å². The Kier molecular flexibility index (Phi) is 3.54. The highest BCUT2D eigenvalue weighted by Crippen LogP contribution is 2.28. The van der Waals surface area contributed by atoms with E-state index in [0.717, 1.165) is 12.0 Å². The second-order valence-electron chi connectivity index (χ2n) is 5.28. The van der Waals surface area contributed by atoms with Crippen molar-refractivity contribution >= 4 is 11.9 Å². The van der Waals surface area contributed by atoms with Crippen LogP contribution < -0.4 is 0 Å². The van der Waals surface area contributed by atoms with Gasteiger partial charge in [-0.05, 0) is 12.0 Å². The third-order valence-electron chi connectivity index (χ3n) is 3.83. The van der Waals surface area contributed by atoms with E-state index in [4.69, 9.17) is 4.74 Å². The van der Waals surface area contributed by atoms with Gasteiger partial charge in [0.15, 0.2) is 0 Å². The highest BCUT2D eigenvalue weighted by Gasteiger charge is 2.38. The predicted molar refractivity (Wildman–Crippen MR) is 74.0 cm³/mol. The molecule has 1 fully saturated rings. The Morgan fingerprint density at radius 3 is 2.80 bits per heavy atom. The van der Waals surface area contributed by atoms with E-state index in [9.17, 15) is 9.59 Å². The molecule has 2 heterocycles. The molecule has 0 saturated carbocycles. The van der Waals surface area contributed by atoms with Crippen LogP contribution in [0.5, 0.6) is 0 Å². The van der Waals surface area contributed by atoms with Gasteiger partial charge < -0.3 is 4.74 Å². The molecule has 0 radical (unpaired) electrons. The van der Waals surface area contributed by atoms with Crippen molar-refractivity contribution in [2.75, 3.05) is 0 Å². The Bertz CT molecular complexity index is 538. The molecule has 104 valence electrons. The zero-order valence-corrected chi connectivity index (χ0v) is 11.2. The van der Waals surface area contributed by atoms with E-state index in [-0.39, 0.29) is 30.6 Å². The fourth-order valence-corrected chi connectivity index (χ4v) is 2.88. The Balaban J connectivity index is 1.65. The first kappa shape index (κ1) is 12.9. The third-order valence-corrected chi connectivity index (χ3v) is 3.83. The van der Waals surface area contributed by atoms with Gasteiger partial charge in [-0.15, -0.1) is 0 Å². The maximum Gasteiger partial charge on any atom is 0.410 e. The molecule has 0 aliphatic carbocycles. The van der Waals surface area contributed by atoms with Gasteiger partial charge in [0.25, 0.3) is 0 Å². The molecule has 0 spiro atoms. The molecule has 1 amide bonds. The average Bonchev–Trinajstić information content (AvgIpc) is 2.45. The van der Waals surface area contributed by atoms with E-state index in [1.807, 2.05) is 36.4 Å². The molecule has 4 nitrogen and oxygen atoms in total. The molecule has 2 bridgehead atoms. The van der Waals surface area contributed by atoms with E-state index in [2.05, 4.69) is 6.08 Å². The summed E-state index contributed by atoms with van der Waals surface area (Å²) in [5, 5.41) is 0. The number of rotatable bonds is 2. The molecule has 20 heavy (non-hydrogen) atoms. The van der Waals surface area contributed by atoms with Gasteiger partial charge in [-0.3, -0.25) is 9.69 Å². The van der Waals surface area contributed by atoms with Crippen molar-refractivity contribution in [3.05, 3.63) is 48.0 Å². The number of ether oxygens (including phenoxy) is 1. The second kappa shape index (κ2) is 5.49. The molecule has 2 aliphatic heterocycles. The van der Waals surface area contributed by atoms with Crippen molar-refractivity contribution in [2.45, 2.75) is 38.0 Å². The van der Waals surface area contributed by atoms with Gasteiger partial charge in [0.2, 0.25) is 0 Å². The summed E-state index contributed by atoms with van der Waals surface area (Å²) in [5.74, 6) is 0.233. The number of carbonyl (C=O) groups is 2. The molecule has 0 unspecified atom stereocenters. The van der Waals surface area contributed by atoms with Crippen molar-refractivity contribution in [2.24, 2.45) is 0 Å². The van der Waals surface area contributed by atoms with Crippen LogP contribution in [0.3, 0.4) is 0 Å². The summed E-state index contributed by atoms with van der Waals surface area (Å²) in [6, 6.07) is 9.45. The average molecular weight is 271 g/mol. The molecule has 4 heteroatoms. The van der Waals surface area contributed by atoms with E-state index in [0.29, 0.717) is 12.8 Å². The van der Waals surface area contributed by atoms with Crippen LogP contribution in [0.4, 0.5) is 4.79 Å². The SMILES string of the molecule is O=C1C[C@@H]2CC=C[C@H](C1)N2C(=O)OCc1ccccc1. The molecule has 3 rings (SSSR count). The van der Waals surface area contributed by atoms with Crippen molar-refractivity contribution < 1.29 is 14.3 Å². The summed E-state index contributed by atoms with van der Waals surface area (Å²) < 4.78 is 5.38. The molecular formula is C16H17NO3. The number of Topliss-reactive ketones (excluding diaryl/α,β-unsaturated/α-hetero) is 1. The Morgan fingerprint density at radius 2 is 2.05 bits per heavy atom. The van der Waals surface area contributed by atoms with E-state index < -0.39 is 0 Å². The summed E-state index contributed by atoms with van der Waals surface area (Å²) in [6.45, 7) is 0.271. The minimum Gasteiger partial charge on any atom is -0.445 e. The number of benzene rings is 1. The van der Waals surface area contributed by atoms with Gasteiger partial charge in [-0.1, -0.05) is 42.5 Å². The normalized spacial score (nSPS) is 24.6. The Labute approximate surface area is 118 Å². The quantitative estimate of drug-likeness (QED) is 0.777. The number of nitrogens with zero attached hydrogens (tertiary/aromatic N) is 1. The van der Waals surface area contributed by atoms with Crippen molar-refractivity contribution in [1.82, 2.24) is 4.90 Å². The first-order valence-corrected chi connectivity index (χ1v) is 6.91. The third kappa shape index (κ3) is 2.59. The molecule has 1 aromatic carbocycles. The summed E-state index contributed by atoms with van der Waals surface area (Å²) in [5.41, 5.74) is 0.967. The Hall–Kier alpha value is -2.10. The standard InChI is InChI=1S/C16H17NO3/c18-15-9-13-7-4-8-14(10-15)17(13)16(19)20-11-12-5-2-1-3-6-12/h1-7,13-14H,8-11H2/t13-,14+/m1/s1. The van der Waals surface area contributed by atoms with Crippen molar-refractivity contribution in [1.29, 1.82) is 0 Å². The van der Waals surface area contributed by atoms with E-state index in [1.54, 1.807) is 4.90 Å². The summed E-state index contributed by atoms with van der Waals surface area (Å²) in [6.07, 6.45) is 5.28. The molecule has 2 atom stereocenters. The monoisotopic (exact) mass is 271 g/mol. The van der Waals surface area contributed by atoms with E-state index in [1.165, 1.54) is 0 Å². The zero-order chi connectivity index (χ0) is 13.9. The van der Waals surface area contributed by atoms with Crippen LogP contribution in [0.1, 0.15) is 24.8 Å². The fourth-order valence-electron chi connectivity index (χ4n) is 2.88. The number of piperidine rings is 1. The van der Waals surface area contributed by atoms with E-state index >= 15 is 0 Å². The molecule has 0 N–H and O–H groups in total. The number of amides is 1. The number of fused-ring (bicyclic) bond motifs is 2. The van der Waals surface area contributed by atoms with Crippen molar-refractivity contribution in [3.63, 3.8) is 0 Å². The fraction of sp³-hybridized carbons (Fsp3) is 0.375. The Morgan fingerprint density at radius 1 is 1.25 bits per heavy atom. The smallest absolute Gasteiger partial charge is 0.410 e. The molecule has 0 aromatic heterocycles. The number of carbonyl (C=O) groups excluding carboxylic acids is 2. The number of hydrogen-bond donors (Lipinski definition) is 0. The number of hydrogen-bond acceptors (Lipinski definition) is 3. The van der Waals surface area contributed by atoms with Crippen LogP contribution in [-0.4, -0.2) is 28.9 Å². The molecular weight excluding hydrogens is 254 g/mol. The van der Waals surface area contributed by atoms with Crippen LogP contribution in [-0.2, 0) is 16.1 Å². The first-order valence-electron chi connectivity index (χ1n) is 6.91. The summed E-state index contributed by atoms with van der Waals surface area (Å²) >= 11 is 0. The molecule has 1 aromatic rings. The predicted octanol–water partition coefficient (Wildman–Crippen LogP) is 2.69. The van der Waals surface area contributed by atoms with Gasteiger partial charge in [0.1, 0.15) is 12.4 Å². The highest BCUT2D eigenvalue weighted by atomic mass is 16.6. The minimum absolute atomic E-state index is 0.0328. The lowest BCUT2D eigenvalue weighted by Crippen LogP contribution is -2.53. The second-order valence-corrected chi connectivity index (χ2v) is 5.28. The van der Waals surface area contributed by atoms with Gasteiger partial charge in [0.05, 0.1) is 6.04 Å². The lowest BCUT2D eigenvalue weighted by molar-refractivity contribution is -0.124. The van der Waals surface area contributed by atoms with Gasteiger partial charge in [-0.2, -0.15) is 0 Å². The lowest BCUT2D eigenvalue weighted by atomic mass is 9.89. The highest BCUT2D eigenvalue weighted by molar-refractivity contribution is 5.83. The van der Waals surface area contributed by atoms with Gasteiger partial charge in [0, 0.05) is 18.9 Å². The van der Waals surface area contributed by atoms with Crippen LogP contribution in [0.25, 0.3) is 0 Å². The maximum atomic E-state index is 12.3. The van der Waals surface area contributed by atoms with Crippen molar-refractivity contribution in [3.8, 4) is 0 Å². The largest absolute Gasteiger partial charge is 0.445 e. The van der Waals surface area contributed by atoms with Gasteiger partial charge >= 0.3 is 6.09 Å². The first-order chi connectivity index (χ1) is 9.74.